The topological polar surface area (TPSA) is 92.3 Å². The molecule has 0 unspecified atom stereocenters. The fraction of sp³-hybridized carbons (Fsp3) is 0.500. The molecule has 1 N–H and O–H groups in total. The molecule has 0 bridgehead atoms. The van der Waals surface area contributed by atoms with Gasteiger partial charge < -0.3 is 9.42 Å². The molecule has 4 rings (SSSR count). The first-order valence-electron chi connectivity index (χ1n) is 8.26. The van der Waals surface area contributed by atoms with Gasteiger partial charge in [-0.25, -0.2) is 4.98 Å². The van der Waals surface area contributed by atoms with Crippen molar-refractivity contribution >= 4 is 11.5 Å². The van der Waals surface area contributed by atoms with E-state index in [1.165, 1.54) is 0 Å². The third-order valence-corrected chi connectivity index (χ3v) is 4.59. The Kier molecular flexibility index (Phi) is 3.59. The van der Waals surface area contributed by atoms with Crippen molar-refractivity contribution in [3.05, 3.63) is 40.4 Å². The Labute approximate surface area is 138 Å². The highest BCUT2D eigenvalue weighted by molar-refractivity contribution is 5.64. The van der Waals surface area contributed by atoms with Gasteiger partial charge in [0.1, 0.15) is 11.6 Å². The summed E-state index contributed by atoms with van der Waals surface area (Å²) in [4.78, 5) is 18.0. The Morgan fingerprint density at radius 3 is 2.75 bits per heavy atom. The molecule has 1 aliphatic heterocycles. The molecule has 0 aliphatic carbocycles. The van der Waals surface area contributed by atoms with Gasteiger partial charge in [0.25, 0.3) is 5.56 Å². The smallest absolute Gasteiger partial charge is 0.280 e. The van der Waals surface area contributed by atoms with Gasteiger partial charge in [-0.15, -0.1) is 10.2 Å². The quantitative estimate of drug-likeness (QED) is 0.789. The largest absolute Gasteiger partial charge is 0.383 e. The van der Waals surface area contributed by atoms with Crippen molar-refractivity contribution in [1.29, 1.82) is 0 Å². The van der Waals surface area contributed by atoms with Crippen LogP contribution in [-0.2, 0) is 0 Å². The maximum Gasteiger partial charge on any atom is 0.280 e. The fourth-order valence-electron chi connectivity index (χ4n) is 3.32. The minimum absolute atomic E-state index is 0.177. The van der Waals surface area contributed by atoms with Gasteiger partial charge in [-0.3, -0.25) is 9.20 Å². The van der Waals surface area contributed by atoms with Crippen LogP contribution < -0.4 is 10.5 Å². The Balaban J connectivity index is 1.57. The zero-order chi connectivity index (χ0) is 16.7. The van der Waals surface area contributed by atoms with E-state index in [1.54, 1.807) is 12.3 Å². The summed E-state index contributed by atoms with van der Waals surface area (Å²) in [6.07, 6.45) is 5.54. The molecular formula is C16H20N6O2. The minimum Gasteiger partial charge on any atom is -0.383 e. The Bertz CT molecular complexity index is 901. The van der Waals surface area contributed by atoms with Crippen LogP contribution in [0.1, 0.15) is 50.1 Å². The summed E-state index contributed by atoms with van der Waals surface area (Å²) in [5.74, 6) is 3.13. The van der Waals surface area contributed by atoms with Crippen molar-refractivity contribution in [2.45, 2.75) is 38.5 Å². The molecule has 3 aromatic rings. The van der Waals surface area contributed by atoms with Crippen molar-refractivity contribution in [2.24, 2.45) is 0 Å². The molecule has 1 saturated heterocycles. The van der Waals surface area contributed by atoms with Crippen LogP contribution in [-0.4, -0.2) is 37.8 Å². The number of piperidine rings is 1. The lowest BCUT2D eigenvalue weighted by atomic mass is 9.94. The van der Waals surface area contributed by atoms with Gasteiger partial charge in [0.2, 0.25) is 5.65 Å². The van der Waals surface area contributed by atoms with Gasteiger partial charge in [0.05, 0.1) is 0 Å². The van der Waals surface area contributed by atoms with Crippen LogP contribution in [0.2, 0.25) is 0 Å². The number of aromatic nitrogens is 5. The number of hydrogen-bond acceptors (Lipinski definition) is 6. The van der Waals surface area contributed by atoms with Gasteiger partial charge in [-0.05, 0) is 12.8 Å². The molecule has 126 valence electrons. The van der Waals surface area contributed by atoms with Crippen LogP contribution in [0.25, 0.3) is 5.65 Å². The number of aromatic amines is 1. The lowest BCUT2D eigenvalue weighted by Gasteiger charge is -2.31. The van der Waals surface area contributed by atoms with E-state index in [-0.39, 0.29) is 11.5 Å². The lowest BCUT2D eigenvalue weighted by Crippen LogP contribution is -2.33. The average Bonchev–Trinajstić information content (AvgIpc) is 3.21. The number of hydrogen-bond donors (Lipinski definition) is 1. The minimum atomic E-state index is -0.177. The first kappa shape index (κ1) is 14.9. The predicted octanol–water partition coefficient (Wildman–Crippen LogP) is 1.91. The van der Waals surface area contributed by atoms with Gasteiger partial charge in [0, 0.05) is 43.4 Å². The van der Waals surface area contributed by atoms with Crippen molar-refractivity contribution in [3.63, 3.8) is 0 Å². The number of nitrogens with one attached hydrogen (secondary N) is 1. The Morgan fingerprint density at radius 1 is 1.29 bits per heavy atom. The van der Waals surface area contributed by atoms with Crippen LogP contribution in [0.3, 0.4) is 0 Å². The molecule has 0 saturated carbocycles. The van der Waals surface area contributed by atoms with Crippen molar-refractivity contribution in [2.75, 3.05) is 18.0 Å². The third-order valence-electron chi connectivity index (χ3n) is 4.59. The van der Waals surface area contributed by atoms with E-state index in [0.29, 0.717) is 5.92 Å². The maximum atomic E-state index is 11.2. The van der Waals surface area contributed by atoms with Crippen LogP contribution >= 0.6 is 0 Å². The Hall–Kier alpha value is -2.64. The number of rotatable bonds is 3. The summed E-state index contributed by atoms with van der Waals surface area (Å²) < 4.78 is 7.26. The molecule has 24 heavy (non-hydrogen) atoms. The molecule has 0 radical (unpaired) electrons. The molecule has 0 aromatic carbocycles. The average molecular weight is 328 g/mol. The summed E-state index contributed by atoms with van der Waals surface area (Å²) in [6.45, 7) is 5.89. The Morgan fingerprint density at radius 2 is 2.08 bits per heavy atom. The number of H-pyrrole nitrogens is 1. The van der Waals surface area contributed by atoms with Crippen LogP contribution in [0.15, 0.2) is 27.8 Å². The molecule has 4 heterocycles. The molecule has 8 heteroatoms. The van der Waals surface area contributed by atoms with E-state index in [2.05, 4.69) is 39.1 Å². The summed E-state index contributed by atoms with van der Waals surface area (Å²) in [7, 11) is 0. The first-order chi connectivity index (χ1) is 11.6. The van der Waals surface area contributed by atoms with Crippen molar-refractivity contribution < 1.29 is 4.52 Å². The SMILES string of the molecule is CC(C)c1nnc2c(N3CCC(c4cc(=O)[nH]o4)CC3)nccn12. The van der Waals surface area contributed by atoms with Gasteiger partial charge >= 0.3 is 0 Å². The van der Waals surface area contributed by atoms with Gasteiger partial charge in [-0.2, -0.15) is 5.16 Å². The molecule has 1 fully saturated rings. The second kappa shape index (κ2) is 5.77. The molecule has 1 aliphatic rings. The van der Waals surface area contributed by atoms with E-state index in [9.17, 15) is 4.79 Å². The maximum absolute atomic E-state index is 11.2. The highest BCUT2D eigenvalue weighted by atomic mass is 16.5. The van der Waals surface area contributed by atoms with Crippen LogP contribution in [0, 0.1) is 0 Å². The molecular weight excluding hydrogens is 308 g/mol. The second-order valence-electron chi connectivity index (χ2n) is 6.53. The highest BCUT2D eigenvalue weighted by Crippen LogP contribution is 2.30. The lowest BCUT2D eigenvalue weighted by molar-refractivity contribution is 0.333. The van der Waals surface area contributed by atoms with Crippen molar-refractivity contribution in [3.8, 4) is 0 Å². The monoisotopic (exact) mass is 328 g/mol. The molecule has 0 spiro atoms. The fourth-order valence-corrected chi connectivity index (χ4v) is 3.32. The molecule has 0 amide bonds. The molecule has 3 aromatic heterocycles. The van der Waals surface area contributed by atoms with E-state index in [1.807, 2.05) is 10.6 Å². The van der Waals surface area contributed by atoms with Crippen molar-refractivity contribution in [1.82, 2.24) is 24.7 Å². The number of fused-ring (bicyclic) bond motifs is 1. The van der Waals surface area contributed by atoms with Crippen LogP contribution in [0.4, 0.5) is 5.82 Å². The molecule has 0 atom stereocenters. The normalized spacial score (nSPS) is 16.4. The van der Waals surface area contributed by atoms with Gasteiger partial charge in [0.15, 0.2) is 5.82 Å². The van der Waals surface area contributed by atoms with Gasteiger partial charge in [-0.1, -0.05) is 13.8 Å². The third kappa shape index (κ3) is 2.47. The van der Waals surface area contributed by atoms with E-state index in [4.69, 9.17) is 4.52 Å². The summed E-state index contributed by atoms with van der Waals surface area (Å²) in [5, 5.41) is 11.0. The predicted molar refractivity (Wildman–Crippen MR) is 88.4 cm³/mol. The summed E-state index contributed by atoms with van der Waals surface area (Å²) in [6, 6.07) is 1.55. The zero-order valence-electron chi connectivity index (χ0n) is 13.8. The number of nitrogens with zero attached hydrogens (tertiary/aromatic N) is 5. The van der Waals surface area contributed by atoms with E-state index < -0.39 is 0 Å². The van der Waals surface area contributed by atoms with E-state index in [0.717, 1.165) is 49.0 Å². The van der Waals surface area contributed by atoms with Crippen LogP contribution in [0.5, 0.6) is 0 Å². The second-order valence-corrected chi connectivity index (χ2v) is 6.53. The summed E-state index contributed by atoms with van der Waals surface area (Å²) in [5.41, 5.74) is 0.622. The molecule has 8 nitrogen and oxygen atoms in total. The number of anilines is 1. The summed E-state index contributed by atoms with van der Waals surface area (Å²) >= 11 is 0. The first-order valence-corrected chi connectivity index (χ1v) is 8.26. The highest BCUT2D eigenvalue weighted by Gasteiger charge is 2.26. The van der Waals surface area contributed by atoms with E-state index >= 15 is 0 Å². The standard InChI is InChI=1S/C16H20N6O2/c1-10(2)14-18-19-16-15(17-5-8-22(14)16)21-6-3-11(4-7-21)12-9-13(23)20-24-12/h5,8-11H,3-4,6-7H2,1-2H3,(H,20,23). The zero-order valence-corrected chi connectivity index (χ0v) is 13.8.